The van der Waals surface area contributed by atoms with E-state index in [1.165, 1.54) is 17.7 Å². The van der Waals surface area contributed by atoms with Crippen molar-refractivity contribution in [2.45, 2.75) is 19.8 Å². The van der Waals surface area contributed by atoms with E-state index in [-0.39, 0.29) is 0 Å². The molecule has 1 aliphatic heterocycles. The molecule has 0 amide bonds. The van der Waals surface area contributed by atoms with Crippen molar-refractivity contribution in [3.05, 3.63) is 27.6 Å². The Balaban J connectivity index is 2.19. The van der Waals surface area contributed by atoms with Gasteiger partial charge in [-0.1, -0.05) is 19.1 Å². The number of aromatic nitrogens is 1. The number of hydrogen-bond donors (Lipinski definition) is 1. The maximum absolute atomic E-state index is 4.51. The third-order valence-electron chi connectivity index (χ3n) is 3.09. The van der Waals surface area contributed by atoms with Crippen LogP contribution >= 0.6 is 22.6 Å². The van der Waals surface area contributed by atoms with E-state index in [4.69, 9.17) is 0 Å². The van der Waals surface area contributed by atoms with E-state index in [0.717, 1.165) is 36.3 Å². The zero-order valence-electron chi connectivity index (χ0n) is 10.8. The lowest BCUT2D eigenvalue weighted by molar-refractivity contribution is 0.724. The molecule has 0 aromatic carbocycles. The number of hydrogen-bond acceptors (Lipinski definition) is 3. The van der Waals surface area contributed by atoms with Crippen LogP contribution in [-0.2, 0) is 0 Å². The highest BCUT2D eigenvalue weighted by Crippen LogP contribution is 2.20. The van der Waals surface area contributed by atoms with Gasteiger partial charge in [0.15, 0.2) is 0 Å². The SMILES string of the molecule is CCC=Cc1cc(N2CCCNCC2)cnc1I. The quantitative estimate of drug-likeness (QED) is 0.666. The number of pyridine rings is 1. The van der Waals surface area contributed by atoms with Gasteiger partial charge in [-0.15, -0.1) is 0 Å². The second kappa shape index (κ2) is 7.09. The molecule has 0 saturated carbocycles. The lowest BCUT2D eigenvalue weighted by Crippen LogP contribution is -2.28. The Morgan fingerprint density at radius 3 is 3.17 bits per heavy atom. The number of rotatable bonds is 3. The summed E-state index contributed by atoms with van der Waals surface area (Å²) in [5, 5.41) is 3.43. The van der Waals surface area contributed by atoms with E-state index in [9.17, 15) is 0 Å². The number of halogens is 1. The molecule has 1 aromatic rings. The van der Waals surface area contributed by atoms with Crippen molar-refractivity contribution < 1.29 is 0 Å². The average Bonchev–Trinajstić information content (AvgIpc) is 2.67. The van der Waals surface area contributed by atoms with Crippen LogP contribution in [0.2, 0.25) is 0 Å². The van der Waals surface area contributed by atoms with Gasteiger partial charge in [0.1, 0.15) is 3.70 Å². The molecule has 1 saturated heterocycles. The summed E-state index contributed by atoms with van der Waals surface area (Å²) in [6.07, 6.45) is 8.62. The molecule has 0 aliphatic carbocycles. The summed E-state index contributed by atoms with van der Waals surface area (Å²) in [7, 11) is 0. The summed E-state index contributed by atoms with van der Waals surface area (Å²) in [5.41, 5.74) is 2.47. The Kier molecular flexibility index (Phi) is 5.44. The van der Waals surface area contributed by atoms with Crippen LogP contribution in [0.3, 0.4) is 0 Å². The summed E-state index contributed by atoms with van der Waals surface area (Å²) >= 11 is 2.30. The van der Waals surface area contributed by atoms with Gasteiger partial charge in [0, 0.05) is 25.2 Å². The number of anilines is 1. The topological polar surface area (TPSA) is 28.2 Å². The number of allylic oxidation sites excluding steroid dienone is 1. The fraction of sp³-hybridized carbons (Fsp3) is 0.500. The molecular formula is C14H20IN3. The van der Waals surface area contributed by atoms with Crippen LogP contribution < -0.4 is 10.2 Å². The molecule has 0 spiro atoms. The third-order valence-corrected chi connectivity index (χ3v) is 3.99. The van der Waals surface area contributed by atoms with E-state index in [1.54, 1.807) is 0 Å². The van der Waals surface area contributed by atoms with E-state index < -0.39 is 0 Å². The first-order chi connectivity index (χ1) is 8.81. The van der Waals surface area contributed by atoms with Crippen molar-refractivity contribution in [2.75, 3.05) is 31.1 Å². The van der Waals surface area contributed by atoms with E-state index in [1.807, 2.05) is 6.20 Å². The molecule has 18 heavy (non-hydrogen) atoms. The molecule has 1 fully saturated rings. The van der Waals surface area contributed by atoms with Crippen molar-refractivity contribution in [1.82, 2.24) is 10.3 Å². The summed E-state index contributed by atoms with van der Waals surface area (Å²) in [4.78, 5) is 6.93. The molecule has 1 N–H and O–H groups in total. The molecule has 3 nitrogen and oxygen atoms in total. The molecule has 0 radical (unpaired) electrons. The standard InChI is InChI=1S/C14H20IN3/c1-2-3-5-12-10-13(11-17-14(12)15)18-8-4-6-16-7-9-18/h3,5,10-11,16H,2,4,6-9H2,1H3. The molecule has 0 atom stereocenters. The highest BCUT2D eigenvalue weighted by molar-refractivity contribution is 14.1. The fourth-order valence-corrected chi connectivity index (χ4v) is 2.57. The number of nitrogens with zero attached hydrogens (tertiary/aromatic N) is 2. The van der Waals surface area contributed by atoms with Crippen LogP contribution in [0.15, 0.2) is 18.3 Å². The third kappa shape index (κ3) is 3.68. The Hall–Kier alpha value is -0.620. The normalized spacial score (nSPS) is 17.1. The Morgan fingerprint density at radius 2 is 2.33 bits per heavy atom. The highest BCUT2D eigenvalue weighted by Gasteiger charge is 2.11. The van der Waals surface area contributed by atoms with Crippen LogP contribution in [-0.4, -0.2) is 31.2 Å². The average molecular weight is 357 g/mol. The largest absolute Gasteiger partial charge is 0.369 e. The second-order valence-electron chi connectivity index (χ2n) is 4.47. The summed E-state index contributed by atoms with van der Waals surface area (Å²) in [6, 6.07) is 2.26. The van der Waals surface area contributed by atoms with Gasteiger partial charge in [-0.3, -0.25) is 0 Å². The van der Waals surface area contributed by atoms with Gasteiger partial charge < -0.3 is 10.2 Å². The summed E-state index contributed by atoms with van der Waals surface area (Å²) < 4.78 is 1.08. The predicted octanol–water partition coefficient (Wildman–Crippen LogP) is 2.91. The van der Waals surface area contributed by atoms with Gasteiger partial charge in [-0.25, -0.2) is 4.98 Å². The summed E-state index contributed by atoms with van der Waals surface area (Å²) in [5.74, 6) is 0. The highest BCUT2D eigenvalue weighted by atomic mass is 127. The minimum absolute atomic E-state index is 1.06. The predicted molar refractivity (Wildman–Crippen MR) is 86.0 cm³/mol. The van der Waals surface area contributed by atoms with E-state index >= 15 is 0 Å². The Bertz CT molecular complexity index is 410. The van der Waals surface area contributed by atoms with Crippen LogP contribution in [0.4, 0.5) is 5.69 Å². The second-order valence-corrected chi connectivity index (χ2v) is 5.50. The van der Waals surface area contributed by atoms with Gasteiger partial charge in [0.05, 0.1) is 11.9 Å². The first-order valence-electron chi connectivity index (χ1n) is 6.59. The molecule has 0 unspecified atom stereocenters. The van der Waals surface area contributed by atoms with Gasteiger partial charge >= 0.3 is 0 Å². The maximum Gasteiger partial charge on any atom is 0.108 e. The van der Waals surface area contributed by atoms with Crippen LogP contribution in [0.1, 0.15) is 25.3 Å². The van der Waals surface area contributed by atoms with Crippen molar-refractivity contribution in [1.29, 1.82) is 0 Å². The fourth-order valence-electron chi connectivity index (χ4n) is 2.09. The van der Waals surface area contributed by atoms with Gasteiger partial charge in [0.2, 0.25) is 0 Å². The smallest absolute Gasteiger partial charge is 0.108 e. The zero-order chi connectivity index (χ0) is 12.8. The van der Waals surface area contributed by atoms with Gasteiger partial charge in [-0.2, -0.15) is 0 Å². The molecule has 1 aliphatic rings. The van der Waals surface area contributed by atoms with Crippen LogP contribution in [0, 0.1) is 3.70 Å². The van der Waals surface area contributed by atoms with Crippen molar-refractivity contribution in [3.63, 3.8) is 0 Å². The van der Waals surface area contributed by atoms with Gasteiger partial charge in [-0.05, 0) is 48.0 Å². The van der Waals surface area contributed by atoms with Crippen molar-refractivity contribution in [2.24, 2.45) is 0 Å². The molecule has 4 heteroatoms. The zero-order valence-corrected chi connectivity index (χ0v) is 13.0. The molecule has 1 aromatic heterocycles. The first-order valence-corrected chi connectivity index (χ1v) is 7.67. The van der Waals surface area contributed by atoms with Crippen LogP contribution in [0.25, 0.3) is 6.08 Å². The lowest BCUT2D eigenvalue weighted by atomic mass is 10.2. The van der Waals surface area contributed by atoms with Gasteiger partial charge in [0.25, 0.3) is 0 Å². The summed E-state index contributed by atoms with van der Waals surface area (Å²) in [6.45, 7) is 6.52. The number of nitrogens with one attached hydrogen (secondary N) is 1. The minimum Gasteiger partial charge on any atom is -0.369 e. The molecular weight excluding hydrogens is 337 g/mol. The monoisotopic (exact) mass is 357 g/mol. The minimum atomic E-state index is 1.06. The maximum atomic E-state index is 4.51. The van der Waals surface area contributed by atoms with Crippen molar-refractivity contribution in [3.8, 4) is 0 Å². The Morgan fingerprint density at radius 1 is 1.44 bits per heavy atom. The molecule has 2 rings (SSSR count). The molecule has 98 valence electrons. The lowest BCUT2D eigenvalue weighted by Gasteiger charge is -2.22. The molecule has 2 heterocycles. The van der Waals surface area contributed by atoms with E-state index in [0.29, 0.717) is 0 Å². The molecule has 0 bridgehead atoms. The Labute approximate surface area is 123 Å². The van der Waals surface area contributed by atoms with E-state index in [2.05, 4.69) is 62.9 Å². The van der Waals surface area contributed by atoms with Crippen molar-refractivity contribution >= 4 is 34.4 Å². The first kappa shape index (κ1) is 13.8. The van der Waals surface area contributed by atoms with Crippen LogP contribution in [0.5, 0.6) is 0 Å².